The van der Waals surface area contributed by atoms with Gasteiger partial charge in [0, 0.05) is 13.0 Å². The van der Waals surface area contributed by atoms with Gasteiger partial charge >= 0.3 is 5.97 Å². The van der Waals surface area contributed by atoms with E-state index >= 15 is 0 Å². The van der Waals surface area contributed by atoms with E-state index in [4.69, 9.17) is 0 Å². The van der Waals surface area contributed by atoms with Crippen LogP contribution in [0.1, 0.15) is 66.2 Å². The summed E-state index contributed by atoms with van der Waals surface area (Å²) in [5, 5.41) is 9.25. The van der Waals surface area contributed by atoms with Crippen molar-refractivity contribution in [2.45, 2.75) is 78.3 Å². The molecule has 106 valence electrons. The maximum absolute atomic E-state index is 11.5. The minimum atomic E-state index is -0.894. The highest BCUT2D eigenvalue weighted by molar-refractivity contribution is 5.82. The van der Waals surface area contributed by atoms with Crippen molar-refractivity contribution < 1.29 is 14.7 Å². The van der Waals surface area contributed by atoms with E-state index in [0.29, 0.717) is 6.42 Å². The summed E-state index contributed by atoms with van der Waals surface area (Å²) in [4.78, 5) is 24.3. The van der Waals surface area contributed by atoms with Crippen LogP contribution in [0.2, 0.25) is 0 Å². The van der Waals surface area contributed by atoms with Gasteiger partial charge in [0.15, 0.2) is 0 Å². The molecule has 0 bridgehead atoms. The van der Waals surface area contributed by atoms with Gasteiger partial charge < -0.3 is 10.0 Å². The van der Waals surface area contributed by atoms with E-state index in [1.165, 1.54) is 24.7 Å². The molecular formula is C14H27NO3. The predicted octanol–water partition coefficient (Wildman–Crippen LogP) is 3.06. The number of rotatable bonds is 9. The third-order valence-corrected chi connectivity index (χ3v) is 3.12. The second-order valence-corrected chi connectivity index (χ2v) is 5.08. The van der Waals surface area contributed by atoms with Gasteiger partial charge in [0.2, 0.25) is 5.91 Å². The number of unbranched alkanes of at least 4 members (excludes halogenated alkanes) is 4. The minimum absolute atomic E-state index is 0.0701. The highest BCUT2D eigenvalue weighted by Gasteiger charge is 2.28. The van der Waals surface area contributed by atoms with Crippen LogP contribution in [-0.2, 0) is 9.59 Å². The Morgan fingerprint density at radius 1 is 1.11 bits per heavy atom. The highest BCUT2D eigenvalue weighted by atomic mass is 16.4. The Morgan fingerprint density at radius 3 is 2.06 bits per heavy atom. The number of hydrogen-bond donors (Lipinski definition) is 1. The van der Waals surface area contributed by atoms with Gasteiger partial charge in [0.1, 0.15) is 6.04 Å². The van der Waals surface area contributed by atoms with E-state index in [1.807, 2.05) is 13.8 Å². The fourth-order valence-electron chi connectivity index (χ4n) is 2.27. The average Bonchev–Trinajstić information content (AvgIpc) is 2.25. The molecule has 1 amide bonds. The smallest absolute Gasteiger partial charge is 0.326 e. The van der Waals surface area contributed by atoms with Gasteiger partial charge in [-0.2, -0.15) is 0 Å². The quantitative estimate of drug-likeness (QED) is 0.646. The predicted molar refractivity (Wildman–Crippen MR) is 72.5 cm³/mol. The van der Waals surface area contributed by atoms with Gasteiger partial charge in [0.25, 0.3) is 0 Å². The lowest BCUT2D eigenvalue weighted by atomic mass is 10.0. The highest BCUT2D eigenvalue weighted by Crippen LogP contribution is 2.15. The Hall–Kier alpha value is -1.06. The van der Waals surface area contributed by atoms with Crippen molar-refractivity contribution in [3.63, 3.8) is 0 Å². The van der Waals surface area contributed by atoms with Crippen LogP contribution in [0.4, 0.5) is 0 Å². The first kappa shape index (κ1) is 16.9. The van der Waals surface area contributed by atoms with Crippen molar-refractivity contribution in [2.75, 3.05) is 0 Å². The van der Waals surface area contributed by atoms with E-state index in [-0.39, 0.29) is 11.9 Å². The van der Waals surface area contributed by atoms with Crippen molar-refractivity contribution in [3.8, 4) is 0 Å². The molecule has 1 unspecified atom stereocenters. The van der Waals surface area contributed by atoms with Crippen molar-refractivity contribution in [1.29, 1.82) is 0 Å². The molecule has 0 fully saturated rings. The summed E-state index contributed by atoms with van der Waals surface area (Å²) in [6.07, 6.45) is 5.97. The fourth-order valence-corrected chi connectivity index (χ4v) is 2.27. The van der Waals surface area contributed by atoms with Gasteiger partial charge in [-0.05, 0) is 20.3 Å². The Kier molecular flexibility index (Phi) is 8.42. The second kappa shape index (κ2) is 8.95. The summed E-state index contributed by atoms with van der Waals surface area (Å²) in [7, 11) is 0. The molecule has 0 aromatic heterocycles. The van der Waals surface area contributed by atoms with E-state index in [2.05, 4.69) is 6.92 Å². The number of carboxylic acid groups (broad SMARTS) is 1. The zero-order valence-corrected chi connectivity index (χ0v) is 12.1. The lowest BCUT2D eigenvalue weighted by Gasteiger charge is -2.31. The number of nitrogens with zero attached hydrogens (tertiary/aromatic N) is 1. The first-order valence-corrected chi connectivity index (χ1v) is 6.93. The Bertz CT molecular complexity index is 264. The van der Waals surface area contributed by atoms with Gasteiger partial charge in [-0.15, -0.1) is 0 Å². The summed E-state index contributed by atoms with van der Waals surface area (Å²) in [5.41, 5.74) is 0. The minimum Gasteiger partial charge on any atom is -0.480 e. The Balaban J connectivity index is 4.36. The number of carboxylic acids is 1. The molecular weight excluding hydrogens is 230 g/mol. The largest absolute Gasteiger partial charge is 0.480 e. The molecule has 4 nitrogen and oxygen atoms in total. The molecule has 0 rings (SSSR count). The second-order valence-electron chi connectivity index (χ2n) is 5.08. The van der Waals surface area contributed by atoms with Crippen LogP contribution in [0.3, 0.4) is 0 Å². The molecule has 0 aromatic rings. The van der Waals surface area contributed by atoms with Crippen LogP contribution in [0.5, 0.6) is 0 Å². The van der Waals surface area contributed by atoms with Crippen LogP contribution in [0.15, 0.2) is 0 Å². The summed E-state index contributed by atoms with van der Waals surface area (Å²) < 4.78 is 0. The molecule has 4 heteroatoms. The SMILES string of the molecule is CCCCCCCC(C(=O)O)N(C(C)=O)C(C)C. The van der Waals surface area contributed by atoms with E-state index in [9.17, 15) is 14.7 Å². The average molecular weight is 257 g/mol. The number of carbonyl (C=O) groups is 2. The monoisotopic (exact) mass is 257 g/mol. The zero-order valence-electron chi connectivity index (χ0n) is 12.1. The van der Waals surface area contributed by atoms with E-state index in [1.54, 1.807) is 0 Å². The molecule has 1 atom stereocenters. The van der Waals surface area contributed by atoms with Crippen LogP contribution < -0.4 is 0 Å². The molecule has 0 saturated carbocycles. The molecule has 0 aliphatic rings. The molecule has 18 heavy (non-hydrogen) atoms. The first-order chi connectivity index (χ1) is 8.41. The summed E-state index contributed by atoms with van der Waals surface area (Å²) >= 11 is 0. The van der Waals surface area contributed by atoms with Crippen molar-refractivity contribution >= 4 is 11.9 Å². The Labute approximate surface area is 110 Å². The van der Waals surface area contributed by atoms with Crippen LogP contribution in [-0.4, -0.2) is 34.0 Å². The number of hydrogen-bond acceptors (Lipinski definition) is 2. The third kappa shape index (κ3) is 6.03. The summed E-state index contributed by atoms with van der Waals surface area (Å²) in [6.45, 7) is 7.30. The van der Waals surface area contributed by atoms with E-state index < -0.39 is 12.0 Å². The third-order valence-electron chi connectivity index (χ3n) is 3.12. The van der Waals surface area contributed by atoms with Crippen LogP contribution in [0.25, 0.3) is 0 Å². The van der Waals surface area contributed by atoms with Gasteiger partial charge in [-0.3, -0.25) is 4.79 Å². The molecule has 1 N–H and O–H groups in total. The lowest BCUT2D eigenvalue weighted by molar-refractivity contribution is -0.151. The van der Waals surface area contributed by atoms with Crippen molar-refractivity contribution in [2.24, 2.45) is 0 Å². The number of amides is 1. The topological polar surface area (TPSA) is 57.6 Å². The van der Waals surface area contributed by atoms with Crippen molar-refractivity contribution in [3.05, 3.63) is 0 Å². The fraction of sp³-hybridized carbons (Fsp3) is 0.857. The maximum Gasteiger partial charge on any atom is 0.326 e. The first-order valence-electron chi connectivity index (χ1n) is 6.93. The lowest BCUT2D eigenvalue weighted by Crippen LogP contribution is -2.47. The van der Waals surface area contributed by atoms with Crippen LogP contribution in [0, 0.1) is 0 Å². The Morgan fingerprint density at radius 2 is 1.67 bits per heavy atom. The summed E-state index contributed by atoms with van der Waals surface area (Å²) in [6, 6.07) is -0.747. The van der Waals surface area contributed by atoms with Gasteiger partial charge in [-0.25, -0.2) is 4.79 Å². The maximum atomic E-state index is 11.5. The molecule has 0 aliphatic heterocycles. The normalized spacial score (nSPS) is 12.5. The molecule has 0 spiro atoms. The van der Waals surface area contributed by atoms with Gasteiger partial charge in [0.05, 0.1) is 0 Å². The van der Waals surface area contributed by atoms with Crippen LogP contribution >= 0.6 is 0 Å². The molecule has 0 aliphatic carbocycles. The standard InChI is InChI=1S/C14H27NO3/c1-5-6-7-8-9-10-13(14(17)18)15(11(2)3)12(4)16/h11,13H,5-10H2,1-4H3,(H,17,18). The van der Waals surface area contributed by atoms with Crippen molar-refractivity contribution in [1.82, 2.24) is 4.90 Å². The molecule has 0 heterocycles. The van der Waals surface area contributed by atoms with Gasteiger partial charge in [-0.1, -0.05) is 39.0 Å². The zero-order chi connectivity index (χ0) is 14.1. The molecule has 0 radical (unpaired) electrons. The molecule has 0 aromatic carbocycles. The van der Waals surface area contributed by atoms with E-state index in [0.717, 1.165) is 19.3 Å². The number of carbonyl (C=O) groups excluding carboxylic acids is 1. The summed E-state index contributed by atoms with van der Waals surface area (Å²) in [5.74, 6) is -1.06. The number of aliphatic carboxylic acids is 1. The molecule has 0 saturated heterocycles.